The Morgan fingerprint density at radius 1 is 1.21 bits per heavy atom. The van der Waals surface area contributed by atoms with E-state index in [0.29, 0.717) is 5.56 Å². The lowest BCUT2D eigenvalue weighted by atomic mass is 10.0. The monoisotopic (exact) mass is 305 g/mol. The Morgan fingerprint density at radius 3 is 2.37 bits per heavy atom. The zero-order valence-corrected chi connectivity index (χ0v) is 10.5. The first-order chi connectivity index (χ1) is 8.28. The molecule has 0 unspecified atom stereocenters. The van der Waals surface area contributed by atoms with Gasteiger partial charge in [0.2, 0.25) is 0 Å². The van der Waals surface area contributed by atoms with Gasteiger partial charge in [-0.25, -0.2) is 0 Å². The number of benzene rings is 1. The summed E-state index contributed by atoms with van der Waals surface area (Å²) < 4.78 is 64.1. The molecule has 0 spiro atoms. The van der Waals surface area contributed by atoms with Gasteiger partial charge in [0.25, 0.3) is 0 Å². The van der Waals surface area contributed by atoms with E-state index in [1.165, 1.54) is 24.3 Å². The Kier molecular flexibility index (Phi) is 7.07. The van der Waals surface area contributed by atoms with Gasteiger partial charge in [0.1, 0.15) is 5.75 Å². The summed E-state index contributed by atoms with van der Waals surface area (Å²) in [4.78, 5) is 0. The van der Waals surface area contributed by atoms with Crippen LogP contribution in [0, 0.1) is 0 Å². The Bertz CT molecular complexity index is 386. The van der Waals surface area contributed by atoms with Crippen molar-refractivity contribution >= 4 is 12.4 Å². The number of halogens is 6. The lowest BCUT2D eigenvalue weighted by molar-refractivity contribution is -0.136. The minimum absolute atomic E-state index is 0. The molecule has 1 atom stereocenters. The third kappa shape index (κ3) is 7.17. The molecule has 0 bridgehead atoms. The summed E-state index contributed by atoms with van der Waals surface area (Å²) in [6.45, 7) is -2.98. The first-order valence-electron chi connectivity index (χ1n) is 5.15. The highest BCUT2D eigenvalue weighted by Crippen LogP contribution is 2.27. The van der Waals surface area contributed by atoms with Gasteiger partial charge in [-0.05, 0) is 24.1 Å². The molecule has 0 heterocycles. The van der Waals surface area contributed by atoms with Gasteiger partial charge in [-0.1, -0.05) is 12.1 Å². The van der Waals surface area contributed by atoms with Crippen molar-refractivity contribution in [3.63, 3.8) is 0 Å². The van der Waals surface area contributed by atoms with E-state index in [4.69, 9.17) is 5.73 Å². The largest absolute Gasteiger partial charge is 0.435 e. The van der Waals surface area contributed by atoms with Gasteiger partial charge in [-0.3, -0.25) is 0 Å². The SMILES string of the molecule is Cl.N[C@H](CCC(F)(F)F)c1cccc(OC(F)F)c1. The second-order valence-corrected chi connectivity index (χ2v) is 3.71. The van der Waals surface area contributed by atoms with Crippen LogP contribution in [0.1, 0.15) is 24.4 Å². The van der Waals surface area contributed by atoms with Crippen LogP contribution < -0.4 is 10.5 Å². The molecule has 0 aliphatic carbocycles. The lowest BCUT2D eigenvalue weighted by Gasteiger charge is -2.14. The smallest absolute Gasteiger partial charge is 0.389 e. The summed E-state index contributed by atoms with van der Waals surface area (Å²) in [6, 6.07) is 4.51. The Balaban J connectivity index is 0.00000324. The van der Waals surface area contributed by atoms with E-state index in [-0.39, 0.29) is 24.6 Å². The van der Waals surface area contributed by atoms with Crippen molar-refractivity contribution in [2.24, 2.45) is 5.73 Å². The van der Waals surface area contributed by atoms with Crippen molar-refractivity contribution in [3.8, 4) is 5.75 Å². The summed E-state index contributed by atoms with van der Waals surface area (Å²) in [5.41, 5.74) is 5.89. The van der Waals surface area contributed by atoms with E-state index in [1.807, 2.05) is 0 Å². The maximum absolute atomic E-state index is 12.0. The molecule has 0 saturated heterocycles. The van der Waals surface area contributed by atoms with Crippen LogP contribution in [0.2, 0.25) is 0 Å². The molecule has 0 radical (unpaired) electrons. The maximum atomic E-state index is 12.0. The van der Waals surface area contributed by atoms with Crippen LogP contribution >= 0.6 is 12.4 Å². The molecule has 0 aliphatic heterocycles. The topological polar surface area (TPSA) is 35.2 Å². The fraction of sp³-hybridized carbons (Fsp3) is 0.455. The highest BCUT2D eigenvalue weighted by molar-refractivity contribution is 5.85. The number of hydrogen-bond donors (Lipinski definition) is 1. The van der Waals surface area contributed by atoms with Gasteiger partial charge >= 0.3 is 12.8 Å². The molecule has 1 aromatic carbocycles. The Labute approximate surface area is 113 Å². The van der Waals surface area contributed by atoms with Crippen molar-refractivity contribution in [2.45, 2.75) is 31.7 Å². The van der Waals surface area contributed by atoms with Gasteiger partial charge in [0.15, 0.2) is 0 Å². The van der Waals surface area contributed by atoms with Gasteiger partial charge in [-0.15, -0.1) is 12.4 Å². The summed E-state index contributed by atoms with van der Waals surface area (Å²) in [5.74, 6) is -0.120. The minimum atomic E-state index is -4.28. The summed E-state index contributed by atoms with van der Waals surface area (Å²) in [7, 11) is 0. The molecule has 0 saturated carbocycles. The number of rotatable bonds is 5. The van der Waals surface area contributed by atoms with Gasteiger partial charge < -0.3 is 10.5 Å². The molecule has 0 amide bonds. The molecule has 2 N–H and O–H groups in total. The highest BCUT2D eigenvalue weighted by atomic mass is 35.5. The van der Waals surface area contributed by atoms with Crippen molar-refractivity contribution in [1.82, 2.24) is 0 Å². The molecule has 19 heavy (non-hydrogen) atoms. The summed E-state index contributed by atoms with van der Waals surface area (Å²) >= 11 is 0. The number of nitrogens with two attached hydrogens (primary N) is 1. The quantitative estimate of drug-likeness (QED) is 0.833. The first kappa shape index (κ1) is 17.9. The fourth-order valence-corrected chi connectivity index (χ4v) is 1.41. The van der Waals surface area contributed by atoms with Crippen molar-refractivity contribution in [3.05, 3.63) is 29.8 Å². The standard InChI is InChI=1S/C11H12F5NO.ClH/c12-10(13)18-8-3-1-2-7(6-8)9(17)4-5-11(14,15)16;/h1-3,6,9-10H,4-5,17H2;1H/t9-;/m1./s1. The third-order valence-electron chi connectivity index (χ3n) is 2.25. The Morgan fingerprint density at radius 2 is 1.84 bits per heavy atom. The Hall–Kier alpha value is -1.08. The van der Waals surface area contributed by atoms with E-state index in [0.717, 1.165) is 0 Å². The van der Waals surface area contributed by atoms with Crippen LogP contribution in [-0.4, -0.2) is 12.8 Å². The molecule has 2 nitrogen and oxygen atoms in total. The molecule has 8 heteroatoms. The number of hydrogen-bond acceptors (Lipinski definition) is 2. The average Bonchev–Trinajstić information content (AvgIpc) is 2.24. The van der Waals surface area contributed by atoms with Crippen LogP contribution in [0.3, 0.4) is 0 Å². The molecule has 110 valence electrons. The second kappa shape index (κ2) is 7.49. The van der Waals surface area contributed by atoms with E-state index in [2.05, 4.69) is 4.74 Å². The minimum Gasteiger partial charge on any atom is -0.435 e. The molecular formula is C11H13ClF5NO. The summed E-state index contributed by atoms with van der Waals surface area (Å²) in [5, 5.41) is 0. The van der Waals surface area contributed by atoms with Crippen molar-refractivity contribution in [2.75, 3.05) is 0 Å². The highest BCUT2D eigenvalue weighted by Gasteiger charge is 2.27. The predicted octanol–water partition coefficient (Wildman–Crippen LogP) is 4.05. The molecule has 1 aromatic rings. The normalized spacial score (nSPS) is 13.0. The predicted molar refractivity (Wildman–Crippen MR) is 62.5 cm³/mol. The summed E-state index contributed by atoms with van der Waals surface area (Å²) in [6.07, 6.45) is -5.61. The van der Waals surface area contributed by atoms with Crippen LogP contribution in [0.25, 0.3) is 0 Å². The van der Waals surface area contributed by atoms with Crippen LogP contribution in [-0.2, 0) is 0 Å². The van der Waals surface area contributed by atoms with Gasteiger partial charge in [0, 0.05) is 12.5 Å². The average molecular weight is 306 g/mol. The fourth-order valence-electron chi connectivity index (χ4n) is 1.41. The number of alkyl halides is 5. The van der Waals surface area contributed by atoms with E-state index < -0.39 is 25.3 Å². The van der Waals surface area contributed by atoms with Crippen LogP contribution in [0.15, 0.2) is 24.3 Å². The van der Waals surface area contributed by atoms with Crippen molar-refractivity contribution < 1.29 is 26.7 Å². The zero-order valence-electron chi connectivity index (χ0n) is 9.66. The lowest BCUT2D eigenvalue weighted by Crippen LogP contribution is -2.16. The maximum Gasteiger partial charge on any atom is 0.389 e. The van der Waals surface area contributed by atoms with E-state index in [9.17, 15) is 22.0 Å². The van der Waals surface area contributed by atoms with E-state index in [1.54, 1.807) is 0 Å². The van der Waals surface area contributed by atoms with Crippen LogP contribution in [0.5, 0.6) is 5.75 Å². The van der Waals surface area contributed by atoms with E-state index >= 15 is 0 Å². The zero-order chi connectivity index (χ0) is 13.8. The third-order valence-corrected chi connectivity index (χ3v) is 2.25. The van der Waals surface area contributed by atoms with Crippen molar-refractivity contribution in [1.29, 1.82) is 0 Å². The second-order valence-electron chi connectivity index (χ2n) is 3.71. The molecule has 0 fully saturated rings. The first-order valence-corrected chi connectivity index (χ1v) is 5.15. The number of ether oxygens (including phenoxy) is 1. The van der Waals surface area contributed by atoms with Gasteiger partial charge in [-0.2, -0.15) is 22.0 Å². The van der Waals surface area contributed by atoms with Gasteiger partial charge in [0.05, 0.1) is 0 Å². The molecule has 1 rings (SSSR count). The van der Waals surface area contributed by atoms with Crippen LogP contribution in [0.4, 0.5) is 22.0 Å². The molecule has 0 aromatic heterocycles. The molecule has 0 aliphatic rings. The molecular weight excluding hydrogens is 293 g/mol.